The van der Waals surface area contributed by atoms with Gasteiger partial charge in [-0.15, -0.1) is 0 Å². The molecule has 0 aliphatic carbocycles. The lowest BCUT2D eigenvalue weighted by Crippen LogP contribution is -2.64. The maximum atomic E-state index is 12.0. The first-order chi connectivity index (χ1) is 11.2. The highest BCUT2D eigenvalue weighted by atomic mass is 16.2. The number of rotatable bonds is 5. The number of piperidine rings is 2. The van der Waals surface area contributed by atoms with Gasteiger partial charge in [0.25, 0.3) is 0 Å². The molecule has 0 bridgehead atoms. The fraction of sp³-hybridized carbons (Fsp3) is 0.944. The van der Waals surface area contributed by atoms with Gasteiger partial charge in [-0.1, -0.05) is 19.8 Å². The molecule has 23 heavy (non-hydrogen) atoms. The van der Waals surface area contributed by atoms with Crippen molar-refractivity contribution in [3.8, 4) is 0 Å². The summed E-state index contributed by atoms with van der Waals surface area (Å²) in [5, 5.41) is 0. The monoisotopic (exact) mass is 322 g/mol. The molecule has 0 saturated carbocycles. The van der Waals surface area contributed by atoms with Gasteiger partial charge in [-0.05, 0) is 38.8 Å². The van der Waals surface area contributed by atoms with Crippen molar-refractivity contribution >= 4 is 5.91 Å². The molecule has 3 aliphatic rings. The van der Waals surface area contributed by atoms with E-state index in [1.165, 1.54) is 45.2 Å². The van der Waals surface area contributed by atoms with Crippen LogP contribution in [0.2, 0.25) is 0 Å². The molecule has 3 unspecified atom stereocenters. The molecular formula is C18H34N4O. The second-order valence-corrected chi connectivity index (χ2v) is 7.66. The van der Waals surface area contributed by atoms with Crippen molar-refractivity contribution in [1.82, 2.24) is 14.7 Å². The Labute approximate surface area is 141 Å². The fourth-order valence-electron chi connectivity index (χ4n) is 4.67. The van der Waals surface area contributed by atoms with E-state index < -0.39 is 0 Å². The second kappa shape index (κ2) is 7.95. The van der Waals surface area contributed by atoms with Crippen LogP contribution in [0.15, 0.2) is 0 Å². The molecule has 0 aromatic carbocycles. The summed E-state index contributed by atoms with van der Waals surface area (Å²) < 4.78 is 0. The molecule has 3 atom stereocenters. The van der Waals surface area contributed by atoms with Crippen LogP contribution in [0.25, 0.3) is 0 Å². The molecular weight excluding hydrogens is 288 g/mol. The van der Waals surface area contributed by atoms with E-state index in [-0.39, 0.29) is 6.04 Å². The molecule has 3 aliphatic heterocycles. The number of piperazine rings is 1. The van der Waals surface area contributed by atoms with Gasteiger partial charge in [-0.2, -0.15) is 0 Å². The van der Waals surface area contributed by atoms with Crippen LogP contribution in [0.5, 0.6) is 0 Å². The largest absolute Gasteiger partial charge is 0.337 e. The van der Waals surface area contributed by atoms with Crippen molar-refractivity contribution in [3.63, 3.8) is 0 Å². The third-order valence-corrected chi connectivity index (χ3v) is 6.01. The predicted octanol–water partition coefficient (Wildman–Crippen LogP) is 1.27. The fourth-order valence-corrected chi connectivity index (χ4v) is 4.67. The minimum atomic E-state index is 0.260. The lowest BCUT2D eigenvalue weighted by molar-refractivity contribution is -0.140. The van der Waals surface area contributed by atoms with Crippen molar-refractivity contribution in [2.75, 3.05) is 39.3 Å². The Morgan fingerprint density at radius 1 is 1.13 bits per heavy atom. The topological polar surface area (TPSA) is 52.8 Å². The van der Waals surface area contributed by atoms with Crippen LogP contribution >= 0.6 is 0 Å². The van der Waals surface area contributed by atoms with E-state index in [4.69, 9.17) is 5.73 Å². The van der Waals surface area contributed by atoms with Crippen molar-refractivity contribution in [2.24, 2.45) is 5.73 Å². The lowest BCUT2D eigenvalue weighted by atomic mass is 9.93. The van der Waals surface area contributed by atoms with Crippen LogP contribution in [0.1, 0.15) is 51.9 Å². The van der Waals surface area contributed by atoms with E-state index in [2.05, 4.69) is 21.6 Å². The molecule has 2 N–H and O–H groups in total. The Morgan fingerprint density at radius 2 is 2.00 bits per heavy atom. The molecule has 1 amide bonds. The first-order valence-corrected chi connectivity index (χ1v) is 9.70. The second-order valence-electron chi connectivity index (χ2n) is 7.66. The number of carbonyl (C=O) groups is 1. The number of nitrogens with zero attached hydrogens (tertiary/aromatic N) is 3. The number of unbranched alkanes of at least 4 members (excludes halogenated alkanes) is 2. The SMILES string of the molecule is CCCCCN1CCC(N2CCN3C(=O)CCCC3C2)C(N)C1. The van der Waals surface area contributed by atoms with Crippen LogP contribution in [0, 0.1) is 0 Å². The average molecular weight is 322 g/mol. The quantitative estimate of drug-likeness (QED) is 0.775. The molecule has 132 valence electrons. The molecule has 3 saturated heterocycles. The van der Waals surface area contributed by atoms with E-state index in [0.29, 0.717) is 18.0 Å². The number of hydrogen-bond donors (Lipinski definition) is 1. The van der Waals surface area contributed by atoms with Gasteiger partial charge in [0.15, 0.2) is 0 Å². The third-order valence-electron chi connectivity index (χ3n) is 6.01. The highest BCUT2D eigenvalue weighted by Crippen LogP contribution is 2.26. The van der Waals surface area contributed by atoms with Crippen LogP contribution < -0.4 is 5.73 Å². The Balaban J connectivity index is 1.49. The molecule has 5 heteroatoms. The van der Waals surface area contributed by atoms with Crippen molar-refractivity contribution in [1.29, 1.82) is 0 Å². The number of hydrogen-bond acceptors (Lipinski definition) is 4. The van der Waals surface area contributed by atoms with Crippen LogP contribution in [0.3, 0.4) is 0 Å². The van der Waals surface area contributed by atoms with Gasteiger partial charge in [0.05, 0.1) is 0 Å². The molecule has 0 aromatic rings. The standard InChI is InChI=1S/C18H34N4O/c1-2-3-4-9-20-10-8-17(16(19)14-20)21-11-12-22-15(13-21)6-5-7-18(22)23/h15-17H,2-14,19H2,1H3. The summed E-state index contributed by atoms with van der Waals surface area (Å²) in [4.78, 5) is 19.3. The molecule has 0 radical (unpaired) electrons. The van der Waals surface area contributed by atoms with Crippen molar-refractivity contribution < 1.29 is 4.79 Å². The van der Waals surface area contributed by atoms with Crippen molar-refractivity contribution in [3.05, 3.63) is 0 Å². The summed E-state index contributed by atoms with van der Waals surface area (Å²) in [5.74, 6) is 0.371. The maximum Gasteiger partial charge on any atom is 0.222 e. The van der Waals surface area contributed by atoms with Crippen molar-refractivity contribution in [2.45, 2.75) is 70.0 Å². The number of nitrogens with two attached hydrogens (primary N) is 1. The van der Waals surface area contributed by atoms with E-state index in [9.17, 15) is 4.79 Å². The van der Waals surface area contributed by atoms with Crippen LogP contribution in [0.4, 0.5) is 0 Å². The van der Waals surface area contributed by atoms with Crippen LogP contribution in [-0.2, 0) is 4.79 Å². The summed E-state index contributed by atoms with van der Waals surface area (Å²) >= 11 is 0. The first kappa shape index (κ1) is 17.2. The zero-order valence-electron chi connectivity index (χ0n) is 14.8. The van der Waals surface area contributed by atoms with Gasteiger partial charge in [-0.3, -0.25) is 9.69 Å². The molecule has 5 nitrogen and oxygen atoms in total. The highest BCUT2D eigenvalue weighted by molar-refractivity contribution is 5.77. The predicted molar refractivity (Wildman–Crippen MR) is 93.3 cm³/mol. The molecule has 3 heterocycles. The van der Waals surface area contributed by atoms with E-state index in [1.807, 2.05) is 0 Å². The smallest absolute Gasteiger partial charge is 0.222 e. The normalized spacial score (nSPS) is 33.7. The Bertz CT molecular complexity index is 402. The number of fused-ring (bicyclic) bond motifs is 1. The van der Waals surface area contributed by atoms with E-state index in [1.54, 1.807) is 0 Å². The lowest BCUT2D eigenvalue weighted by Gasteiger charge is -2.49. The summed E-state index contributed by atoms with van der Waals surface area (Å²) in [6, 6.07) is 1.22. The first-order valence-electron chi connectivity index (χ1n) is 9.70. The van der Waals surface area contributed by atoms with E-state index >= 15 is 0 Å². The average Bonchev–Trinajstić information content (AvgIpc) is 2.55. The molecule has 0 aromatic heterocycles. The van der Waals surface area contributed by atoms with Gasteiger partial charge in [0.2, 0.25) is 5.91 Å². The van der Waals surface area contributed by atoms with Gasteiger partial charge in [-0.25, -0.2) is 0 Å². The maximum absolute atomic E-state index is 12.0. The highest BCUT2D eigenvalue weighted by Gasteiger charge is 2.38. The van der Waals surface area contributed by atoms with Gasteiger partial charge >= 0.3 is 0 Å². The number of amides is 1. The third kappa shape index (κ3) is 4.06. The summed E-state index contributed by atoms with van der Waals surface area (Å²) in [5.41, 5.74) is 6.54. The molecule has 0 spiro atoms. The zero-order chi connectivity index (χ0) is 16.2. The van der Waals surface area contributed by atoms with Gasteiger partial charge in [0, 0.05) is 50.7 Å². The summed E-state index contributed by atoms with van der Waals surface area (Å²) in [7, 11) is 0. The Hall–Kier alpha value is -0.650. The minimum Gasteiger partial charge on any atom is -0.337 e. The summed E-state index contributed by atoms with van der Waals surface area (Å²) in [6.07, 6.45) is 8.10. The molecule has 3 rings (SSSR count). The molecule has 3 fully saturated rings. The summed E-state index contributed by atoms with van der Waals surface area (Å²) in [6.45, 7) is 8.65. The Morgan fingerprint density at radius 3 is 2.78 bits per heavy atom. The van der Waals surface area contributed by atoms with Gasteiger partial charge < -0.3 is 15.5 Å². The van der Waals surface area contributed by atoms with E-state index in [0.717, 1.165) is 39.0 Å². The Kier molecular flexibility index (Phi) is 5.94. The van der Waals surface area contributed by atoms with Crippen LogP contribution in [-0.4, -0.2) is 78.0 Å². The zero-order valence-corrected chi connectivity index (χ0v) is 14.8. The van der Waals surface area contributed by atoms with Gasteiger partial charge in [0.1, 0.15) is 0 Å². The minimum absolute atomic E-state index is 0.260. The number of carbonyl (C=O) groups excluding carboxylic acids is 1. The number of likely N-dealkylation sites (tertiary alicyclic amines) is 1.